The molecule has 0 amide bonds. The van der Waals surface area contributed by atoms with Crippen molar-refractivity contribution in [3.63, 3.8) is 0 Å². The maximum atomic E-state index is 12.9. The topological polar surface area (TPSA) is 32.3 Å². The number of hydrogen-bond acceptors (Lipinski definition) is 2. The molecule has 0 aliphatic rings. The molecule has 0 saturated carbocycles. The summed E-state index contributed by atoms with van der Waals surface area (Å²) in [5.74, 6) is 0.0489. The minimum Gasteiger partial charge on any atom is -0.508 e. The molecule has 2 aromatic carbocycles. The van der Waals surface area contributed by atoms with Crippen LogP contribution >= 0.6 is 0 Å². The fourth-order valence-corrected chi connectivity index (χ4v) is 1.61. The lowest BCUT2D eigenvalue weighted by atomic mass is 10.2. The van der Waals surface area contributed by atoms with E-state index in [-0.39, 0.29) is 11.6 Å². The number of rotatable bonds is 4. The molecular formula is C14H14FNO. The molecule has 0 unspecified atom stereocenters. The fourth-order valence-electron chi connectivity index (χ4n) is 1.61. The van der Waals surface area contributed by atoms with Crippen LogP contribution in [0.5, 0.6) is 5.75 Å². The molecule has 0 aliphatic carbocycles. The normalized spacial score (nSPS) is 10.4. The number of benzene rings is 2. The van der Waals surface area contributed by atoms with Crippen LogP contribution in [-0.2, 0) is 13.1 Å². The number of nitrogens with one attached hydrogen (secondary N) is 1. The Kier molecular flexibility index (Phi) is 3.73. The van der Waals surface area contributed by atoms with E-state index < -0.39 is 0 Å². The maximum Gasteiger partial charge on any atom is 0.123 e. The summed E-state index contributed by atoms with van der Waals surface area (Å²) in [6, 6.07) is 13.5. The highest BCUT2D eigenvalue weighted by Gasteiger charge is 1.96. The smallest absolute Gasteiger partial charge is 0.123 e. The highest BCUT2D eigenvalue weighted by atomic mass is 19.1. The fraction of sp³-hybridized carbons (Fsp3) is 0.143. The van der Waals surface area contributed by atoms with Crippen LogP contribution in [0.1, 0.15) is 11.1 Å². The lowest BCUT2D eigenvalue weighted by Crippen LogP contribution is -2.12. The molecule has 2 N–H and O–H groups in total. The van der Waals surface area contributed by atoms with Crippen LogP contribution in [0.3, 0.4) is 0 Å². The molecule has 2 aromatic rings. The minimum absolute atomic E-state index is 0.214. The van der Waals surface area contributed by atoms with Crippen molar-refractivity contribution in [1.82, 2.24) is 5.32 Å². The second-order valence-corrected chi connectivity index (χ2v) is 3.90. The van der Waals surface area contributed by atoms with E-state index in [0.29, 0.717) is 13.1 Å². The Hall–Kier alpha value is -1.87. The summed E-state index contributed by atoms with van der Waals surface area (Å²) >= 11 is 0. The van der Waals surface area contributed by atoms with Gasteiger partial charge in [-0.25, -0.2) is 4.39 Å². The highest BCUT2D eigenvalue weighted by molar-refractivity contribution is 5.25. The highest BCUT2D eigenvalue weighted by Crippen LogP contribution is 2.09. The van der Waals surface area contributed by atoms with Crippen LogP contribution < -0.4 is 5.32 Å². The first kappa shape index (κ1) is 11.6. The first-order valence-electron chi connectivity index (χ1n) is 5.47. The lowest BCUT2D eigenvalue weighted by molar-refractivity contribution is 0.475. The van der Waals surface area contributed by atoms with Gasteiger partial charge in [-0.1, -0.05) is 24.3 Å². The summed E-state index contributed by atoms with van der Waals surface area (Å²) in [7, 11) is 0. The number of aromatic hydroxyl groups is 1. The average molecular weight is 231 g/mol. The van der Waals surface area contributed by atoms with Crippen molar-refractivity contribution in [2.45, 2.75) is 13.1 Å². The zero-order valence-electron chi connectivity index (χ0n) is 9.36. The van der Waals surface area contributed by atoms with Crippen molar-refractivity contribution in [3.05, 3.63) is 65.5 Å². The molecule has 0 fully saturated rings. The van der Waals surface area contributed by atoms with Gasteiger partial charge in [0, 0.05) is 13.1 Å². The summed E-state index contributed by atoms with van der Waals surface area (Å²) in [6.07, 6.45) is 0. The monoisotopic (exact) mass is 231 g/mol. The summed E-state index contributed by atoms with van der Waals surface area (Å²) in [5, 5.41) is 12.3. The molecule has 2 rings (SSSR count). The van der Waals surface area contributed by atoms with Crippen molar-refractivity contribution < 1.29 is 9.50 Å². The average Bonchev–Trinajstić information content (AvgIpc) is 2.32. The third-order valence-corrected chi connectivity index (χ3v) is 2.48. The largest absolute Gasteiger partial charge is 0.508 e. The summed E-state index contributed by atoms with van der Waals surface area (Å²) < 4.78 is 12.9. The molecule has 88 valence electrons. The maximum absolute atomic E-state index is 12.9. The van der Waals surface area contributed by atoms with E-state index in [4.69, 9.17) is 5.11 Å². The van der Waals surface area contributed by atoms with Gasteiger partial charge in [-0.2, -0.15) is 0 Å². The Balaban J connectivity index is 1.85. The molecule has 0 aliphatic heterocycles. The zero-order chi connectivity index (χ0) is 12.1. The number of hydrogen-bond donors (Lipinski definition) is 2. The molecule has 0 aromatic heterocycles. The number of phenols is 1. The van der Waals surface area contributed by atoms with Crippen LogP contribution in [0, 0.1) is 5.82 Å². The standard InChI is InChI=1S/C14H14FNO/c15-13-3-1-2-12(8-13)10-16-9-11-4-6-14(17)7-5-11/h1-8,16-17H,9-10H2. The van der Waals surface area contributed by atoms with Crippen LogP contribution in [0.4, 0.5) is 4.39 Å². The quantitative estimate of drug-likeness (QED) is 0.848. The molecule has 0 radical (unpaired) electrons. The summed E-state index contributed by atoms with van der Waals surface area (Å²) in [6.45, 7) is 1.31. The van der Waals surface area contributed by atoms with E-state index >= 15 is 0 Å². The van der Waals surface area contributed by atoms with E-state index in [2.05, 4.69) is 5.32 Å². The predicted molar refractivity (Wildman–Crippen MR) is 65.1 cm³/mol. The molecule has 0 bridgehead atoms. The van der Waals surface area contributed by atoms with Gasteiger partial charge in [0.05, 0.1) is 0 Å². The molecule has 2 nitrogen and oxygen atoms in total. The van der Waals surface area contributed by atoms with Crippen LogP contribution in [0.15, 0.2) is 48.5 Å². The molecule has 0 saturated heterocycles. The zero-order valence-corrected chi connectivity index (χ0v) is 9.36. The molecular weight excluding hydrogens is 217 g/mol. The van der Waals surface area contributed by atoms with Crippen molar-refractivity contribution in [2.75, 3.05) is 0 Å². The van der Waals surface area contributed by atoms with Crippen LogP contribution in [0.2, 0.25) is 0 Å². The first-order chi connectivity index (χ1) is 8.24. The first-order valence-corrected chi connectivity index (χ1v) is 5.47. The van der Waals surface area contributed by atoms with E-state index in [1.165, 1.54) is 12.1 Å². The van der Waals surface area contributed by atoms with Crippen molar-refractivity contribution in [3.8, 4) is 5.75 Å². The number of phenolic OH excluding ortho intramolecular Hbond substituents is 1. The van der Waals surface area contributed by atoms with Gasteiger partial charge in [-0.15, -0.1) is 0 Å². The number of halogens is 1. The summed E-state index contributed by atoms with van der Waals surface area (Å²) in [4.78, 5) is 0. The summed E-state index contributed by atoms with van der Waals surface area (Å²) in [5.41, 5.74) is 2.00. The van der Waals surface area contributed by atoms with Crippen LogP contribution in [0.25, 0.3) is 0 Å². The molecule has 3 heteroatoms. The second-order valence-electron chi connectivity index (χ2n) is 3.90. The van der Waals surface area contributed by atoms with E-state index in [1.54, 1.807) is 18.2 Å². The Labute approximate surface area is 99.7 Å². The van der Waals surface area contributed by atoms with Crippen LogP contribution in [-0.4, -0.2) is 5.11 Å². The Morgan fingerprint density at radius 2 is 1.65 bits per heavy atom. The van der Waals surface area contributed by atoms with Gasteiger partial charge in [-0.05, 0) is 35.4 Å². The Morgan fingerprint density at radius 3 is 2.35 bits per heavy atom. The predicted octanol–water partition coefficient (Wildman–Crippen LogP) is 2.82. The third-order valence-electron chi connectivity index (χ3n) is 2.48. The molecule has 17 heavy (non-hydrogen) atoms. The van der Waals surface area contributed by atoms with Gasteiger partial charge in [-0.3, -0.25) is 0 Å². The van der Waals surface area contributed by atoms with Gasteiger partial charge < -0.3 is 10.4 Å². The van der Waals surface area contributed by atoms with E-state index in [0.717, 1.165) is 11.1 Å². The molecule has 0 atom stereocenters. The second kappa shape index (κ2) is 5.46. The van der Waals surface area contributed by atoms with Gasteiger partial charge in [0.25, 0.3) is 0 Å². The van der Waals surface area contributed by atoms with Gasteiger partial charge >= 0.3 is 0 Å². The van der Waals surface area contributed by atoms with Crippen molar-refractivity contribution >= 4 is 0 Å². The SMILES string of the molecule is Oc1ccc(CNCc2cccc(F)c2)cc1. The Morgan fingerprint density at radius 1 is 0.941 bits per heavy atom. The van der Waals surface area contributed by atoms with Gasteiger partial charge in [0.1, 0.15) is 11.6 Å². The minimum atomic E-state index is -0.214. The van der Waals surface area contributed by atoms with Gasteiger partial charge in [0.2, 0.25) is 0 Å². The lowest BCUT2D eigenvalue weighted by Gasteiger charge is -2.05. The van der Waals surface area contributed by atoms with Crippen molar-refractivity contribution in [2.24, 2.45) is 0 Å². The van der Waals surface area contributed by atoms with E-state index in [1.807, 2.05) is 18.2 Å². The van der Waals surface area contributed by atoms with Gasteiger partial charge in [0.15, 0.2) is 0 Å². The van der Waals surface area contributed by atoms with Crippen molar-refractivity contribution in [1.29, 1.82) is 0 Å². The third kappa shape index (κ3) is 3.57. The van der Waals surface area contributed by atoms with E-state index in [9.17, 15) is 4.39 Å². The Bertz CT molecular complexity index is 482. The molecule has 0 spiro atoms. The molecule has 0 heterocycles.